The van der Waals surface area contributed by atoms with Gasteiger partial charge in [-0.2, -0.15) is 5.10 Å². The summed E-state index contributed by atoms with van der Waals surface area (Å²) < 4.78 is 13.0. The largest absolute Gasteiger partial charge is 0.342 e. The number of nitrogens with zero attached hydrogens (tertiary/aromatic N) is 3. The number of unbranched alkanes of at least 4 members (excludes halogenated alkanes) is 2. The Kier molecular flexibility index (Phi) is 7.12. The number of nitrogens with one attached hydrogen (secondary N) is 1. The number of aromatic amines is 1. The predicted octanol–water partition coefficient (Wildman–Crippen LogP) is 4.92. The second-order valence-electron chi connectivity index (χ2n) is 7.58. The van der Waals surface area contributed by atoms with E-state index in [4.69, 9.17) is 0 Å². The topological polar surface area (TPSA) is 92.1 Å². The van der Waals surface area contributed by atoms with Gasteiger partial charge in [0.1, 0.15) is 5.82 Å². The van der Waals surface area contributed by atoms with E-state index in [0.717, 1.165) is 42.6 Å². The van der Waals surface area contributed by atoms with Crippen LogP contribution < -0.4 is 0 Å². The zero-order valence-electron chi connectivity index (χ0n) is 17.6. The lowest BCUT2D eigenvalue weighted by Gasteiger charge is -2.17. The minimum Gasteiger partial charge on any atom is -0.342 e. The van der Waals surface area contributed by atoms with Gasteiger partial charge in [0.2, 0.25) is 0 Å². The van der Waals surface area contributed by atoms with Crippen LogP contribution in [0.1, 0.15) is 40.9 Å². The number of amides is 1. The van der Waals surface area contributed by atoms with Crippen LogP contribution in [0.25, 0.3) is 11.3 Å². The molecule has 3 aromatic rings. The predicted molar refractivity (Wildman–Crippen MR) is 116 cm³/mol. The maximum Gasteiger partial charge on any atom is 0.272 e. The Morgan fingerprint density at radius 1 is 1.13 bits per heavy atom. The van der Waals surface area contributed by atoms with Gasteiger partial charge in [0.15, 0.2) is 0 Å². The highest BCUT2D eigenvalue weighted by atomic mass is 19.1. The first kappa shape index (κ1) is 22.1. The van der Waals surface area contributed by atoms with Crippen molar-refractivity contribution in [1.29, 1.82) is 0 Å². The van der Waals surface area contributed by atoms with Gasteiger partial charge >= 0.3 is 0 Å². The number of nitro groups is 1. The SMILES string of the molecule is Cc1cc(C(=O)N(C)CCCCCc2cc(-c3ccc(F)cc3)n[nH]2)ccc1[N+](=O)[O-]. The van der Waals surface area contributed by atoms with Gasteiger partial charge in [-0.1, -0.05) is 6.42 Å². The van der Waals surface area contributed by atoms with Crippen molar-refractivity contribution in [2.24, 2.45) is 0 Å². The minimum atomic E-state index is -0.449. The van der Waals surface area contributed by atoms with Gasteiger partial charge in [-0.25, -0.2) is 4.39 Å². The molecule has 1 amide bonds. The maximum atomic E-state index is 13.0. The molecular weight excluding hydrogens is 399 g/mol. The van der Waals surface area contributed by atoms with Crippen molar-refractivity contribution in [3.63, 3.8) is 0 Å². The highest BCUT2D eigenvalue weighted by Gasteiger charge is 2.16. The van der Waals surface area contributed by atoms with Crippen LogP contribution in [-0.4, -0.2) is 39.5 Å². The maximum absolute atomic E-state index is 13.0. The van der Waals surface area contributed by atoms with Crippen molar-refractivity contribution in [1.82, 2.24) is 15.1 Å². The Bertz CT molecular complexity index is 1060. The molecule has 7 nitrogen and oxygen atoms in total. The van der Waals surface area contributed by atoms with Crippen LogP contribution in [0.3, 0.4) is 0 Å². The van der Waals surface area contributed by atoms with Gasteiger partial charge in [0, 0.05) is 42.0 Å². The summed E-state index contributed by atoms with van der Waals surface area (Å²) in [4.78, 5) is 24.7. The van der Waals surface area contributed by atoms with Crippen molar-refractivity contribution in [3.8, 4) is 11.3 Å². The van der Waals surface area contributed by atoms with E-state index in [0.29, 0.717) is 17.7 Å². The molecule has 1 aromatic heterocycles. The average molecular weight is 424 g/mol. The highest BCUT2D eigenvalue weighted by Crippen LogP contribution is 2.20. The molecule has 0 atom stereocenters. The van der Waals surface area contributed by atoms with E-state index < -0.39 is 4.92 Å². The summed E-state index contributed by atoms with van der Waals surface area (Å²) in [6.07, 6.45) is 3.59. The van der Waals surface area contributed by atoms with Gasteiger partial charge in [-0.3, -0.25) is 20.0 Å². The fourth-order valence-electron chi connectivity index (χ4n) is 3.41. The zero-order valence-corrected chi connectivity index (χ0v) is 17.6. The Balaban J connectivity index is 1.42. The Morgan fingerprint density at radius 2 is 1.87 bits per heavy atom. The molecule has 0 radical (unpaired) electrons. The molecule has 3 rings (SSSR count). The average Bonchev–Trinajstić information content (AvgIpc) is 3.22. The van der Waals surface area contributed by atoms with Crippen LogP contribution in [-0.2, 0) is 6.42 Å². The Labute approximate surface area is 180 Å². The van der Waals surface area contributed by atoms with Gasteiger partial charge in [-0.15, -0.1) is 0 Å². The summed E-state index contributed by atoms with van der Waals surface area (Å²) >= 11 is 0. The van der Waals surface area contributed by atoms with E-state index in [-0.39, 0.29) is 17.4 Å². The van der Waals surface area contributed by atoms with E-state index in [2.05, 4.69) is 10.2 Å². The lowest BCUT2D eigenvalue weighted by Crippen LogP contribution is -2.27. The van der Waals surface area contributed by atoms with E-state index >= 15 is 0 Å². The van der Waals surface area contributed by atoms with Crippen molar-refractivity contribution in [2.45, 2.75) is 32.6 Å². The molecule has 8 heteroatoms. The number of carbonyl (C=O) groups is 1. The van der Waals surface area contributed by atoms with Crippen molar-refractivity contribution < 1.29 is 14.1 Å². The number of carbonyl (C=O) groups excluding carboxylic acids is 1. The van der Waals surface area contributed by atoms with Crippen molar-refractivity contribution in [2.75, 3.05) is 13.6 Å². The van der Waals surface area contributed by atoms with Crippen LogP contribution in [0.15, 0.2) is 48.5 Å². The van der Waals surface area contributed by atoms with E-state index in [1.165, 1.54) is 24.3 Å². The van der Waals surface area contributed by atoms with Crippen molar-refractivity contribution >= 4 is 11.6 Å². The Hall–Kier alpha value is -3.55. The van der Waals surface area contributed by atoms with Crippen LogP contribution >= 0.6 is 0 Å². The molecule has 0 saturated carbocycles. The molecule has 0 unspecified atom stereocenters. The molecule has 162 valence electrons. The molecule has 0 fully saturated rings. The zero-order chi connectivity index (χ0) is 22.4. The number of aromatic nitrogens is 2. The number of hydrogen-bond acceptors (Lipinski definition) is 4. The molecule has 0 bridgehead atoms. The third-order valence-electron chi connectivity index (χ3n) is 5.20. The van der Waals surface area contributed by atoms with Crippen LogP contribution in [0, 0.1) is 22.9 Å². The lowest BCUT2D eigenvalue weighted by atomic mass is 10.1. The van der Waals surface area contributed by atoms with E-state index in [9.17, 15) is 19.3 Å². The third kappa shape index (κ3) is 5.75. The number of nitro benzene ring substituents is 1. The minimum absolute atomic E-state index is 0.0144. The van der Waals surface area contributed by atoms with Gasteiger partial charge in [-0.05, 0) is 68.7 Å². The van der Waals surface area contributed by atoms with Gasteiger partial charge in [0.05, 0.1) is 10.6 Å². The number of H-pyrrole nitrogens is 1. The van der Waals surface area contributed by atoms with Gasteiger partial charge < -0.3 is 4.90 Å². The van der Waals surface area contributed by atoms with Crippen LogP contribution in [0.5, 0.6) is 0 Å². The monoisotopic (exact) mass is 424 g/mol. The molecule has 0 saturated heterocycles. The molecule has 31 heavy (non-hydrogen) atoms. The van der Waals surface area contributed by atoms with Gasteiger partial charge in [0.25, 0.3) is 11.6 Å². The molecule has 0 aliphatic rings. The van der Waals surface area contributed by atoms with E-state index in [1.54, 1.807) is 37.1 Å². The number of benzene rings is 2. The molecule has 0 spiro atoms. The molecule has 1 N–H and O–H groups in total. The lowest BCUT2D eigenvalue weighted by molar-refractivity contribution is -0.385. The highest BCUT2D eigenvalue weighted by molar-refractivity contribution is 5.94. The summed E-state index contributed by atoms with van der Waals surface area (Å²) in [5, 5.41) is 18.2. The molecular formula is C23H25FN4O3. The Morgan fingerprint density at radius 3 is 2.55 bits per heavy atom. The number of halogens is 1. The van der Waals surface area contributed by atoms with Crippen LogP contribution in [0.4, 0.5) is 10.1 Å². The quantitative estimate of drug-likeness (QED) is 0.300. The second kappa shape index (κ2) is 9.97. The first-order valence-corrected chi connectivity index (χ1v) is 10.2. The third-order valence-corrected chi connectivity index (χ3v) is 5.20. The fraction of sp³-hybridized carbons (Fsp3) is 0.304. The smallest absolute Gasteiger partial charge is 0.272 e. The molecule has 1 heterocycles. The number of hydrogen-bond donors (Lipinski definition) is 1. The van der Waals surface area contributed by atoms with Crippen LogP contribution in [0.2, 0.25) is 0 Å². The number of rotatable bonds is 9. The van der Waals surface area contributed by atoms with Crippen molar-refractivity contribution in [3.05, 3.63) is 81.3 Å². The molecule has 2 aromatic carbocycles. The summed E-state index contributed by atoms with van der Waals surface area (Å²) in [7, 11) is 1.74. The number of aryl methyl sites for hydroxylation is 2. The molecule has 0 aliphatic carbocycles. The molecule has 0 aliphatic heterocycles. The van der Waals surface area contributed by atoms with E-state index in [1.807, 2.05) is 6.07 Å². The summed E-state index contributed by atoms with van der Waals surface area (Å²) in [5.74, 6) is -0.415. The normalized spacial score (nSPS) is 10.8. The standard InChI is InChI=1S/C23H25FN4O3/c1-16-14-18(9-12-22(16)28(30)31)23(29)27(2)13-5-3-4-6-20-15-21(26-25-20)17-7-10-19(24)11-8-17/h7-12,14-15H,3-6,13H2,1-2H3,(H,25,26). The second-order valence-corrected chi connectivity index (χ2v) is 7.58. The first-order valence-electron chi connectivity index (χ1n) is 10.2. The summed E-state index contributed by atoms with van der Waals surface area (Å²) in [5.41, 5.74) is 3.62. The first-order chi connectivity index (χ1) is 14.8. The fourth-order valence-corrected chi connectivity index (χ4v) is 3.41. The summed E-state index contributed by atoms with van der Waals surface area (Å²) in [6, 6.07) is 12.7. The summed E-state index contributed by atoms with van der Waals surface area (Å²) in [6.45, 7) is 2.24.